The predicted octanol–water partition coefficient (Wildman–Crippen LogP) is 2.89. The maximum Gasteiger partial charge on any atom is 0.0954 e. The lowest BCUT2D eigenvalue weighted by molar-refractivity contribution is 0.593. The van der Waals surface area contributed by atoms with E-state index in [1.54, 1.807) is 0 Å². The van der Waals surface area contributed by atoms with E-state index in [4.69, 9.17) is 0 Å². The van der Waals surface area contributed by atoms with E-state index in [1.165, 1.54) is 21.0 Å². The molecule has 1 unspecified atom stereocenters. The van der Waals surface area contributed by atoms with Gasteiger partial charge in [-0.25, -0.2) is 4.98 Å². The third-order valence-electron chi connectivity index (χ3n) is 3.05. The van der Waals surface area contributed by atoms with Crippen LogP contribution >= 0.6 is 11.3 Å². The lowest BCUT2D eigenvalue weighted by Gasteiger charge is -2.16. The number of hydrogen-bond donors (Lipinski definition) is 1. The summed E-state index contributed by atoms with van der Waals surface area (Å²) >= 11 is 1.86. The number of imidazole rings is 1. The van der Waals surface area contributed by atoms with Crippen LogP contribution in [0.4, 0.5) is 0 Å². The van der Waals surface area contributed by atoms with Gasteiger partial charge in [-0.3, -0.25) is 0 Å². The highest BCUT2D eigenvalue weighted by Crippen LogP contribution is 2.29. The van der Waals surface area contributed by atoms with E-state index >= 15 is 0 Å². The topological polar surface area (TPSA) is 29.9 Å². The third-order valence-corrected chi connectivity index (χ3v) is 4.03. The van der Waals surface area contributed by atoms with E-state index in [-0.39, 0.29) is 0 Å². The molecule has 0 spiro atoms. The van der Waals surface area contributed by atoms with Crippen molar-refractivity contribution >= 4 is 11.3 Å². The predicted molar refractivity (Wildman–Crippen MR) is 72.6 cm³/mol. The molecule has 2 rings (SSSR count). The van der Waals surface area contributed by atoms with Crippen molar-refractivity contribution in [1.29, 1.82) is 0 Å². The Morgan fingerprint density at radius 3 is 2.82 bits per heavy atom. The van der Waals surface area contributed by atoms with E-state index < -0.39 is 0 Å². The molecule has 17 heavy (non-hydrogen) atoms. The van der Waals surface area contributed by atoms with Gasteiger partial charge in [-0.1, -0.05) is 0 Å². The third kappa shape index (κ3) is 2.42. The second-order valence-electron chi connectivity index (χ2n) is 4.37. The van der Waals surface area contributed by atoms with E-state index in [2.05, 4.69) is 41.7 Å². The first-order valence-corrected chi connectivity index (χ1v) is 6.67. The average molecular weight is 249 g/mol. The Kier molecular flexibility index (Phi) is 3.64. The van der Waals surface area contributed by atoms with Gasteiger partial charge in [-0.2, -0.15) is 0 Å². The molecule has 92 valence electrons. The molecule has 2 aromatic rings. The van der Waals surface area contributed by atoms with Gasteiger partial charge >= 0.3 is 0 Å². The second-order valence-corrected chi connectivity index (χ2v) is 5.83. The zero-order chi connectivity index (χ0) is 12.4. The molecule has 0 fully saturated rings. The minimum Gasteiger partial charge on any atom is -0.326 e. The number of rotatable bonds is 4. The summed E-state index contributed by atoms with van der Waals surface area (Å²) in [6, 6.07) is 2.64. The molecular formula is C13H19N3S. The minimum atomic E-state index is 0.353. The lowest BCUT2D eigenvalue weighted by Crippen LogP contribution is -2.14. The van der Waals surface area contributed by atoms with Crippen LogP contribution < -0.4 is 5.32 Å². The molecule has 2 aromatic heterocycles. The molecule has 0 aliphatic rings. The van der Waals surface area contributed by atoms with E-state index in [0.717, 1.165) is 6.54 Å². The van der Waals surface area contributed by atoms with Crippen molar-refractivity contribution < 1.29 is 0 Å². The molecule has 0 saturated heterocycles. The van der Waals surface area contributed by atoms with Crippen molar-refractivity contribution in [3.05, 3.63) is 39.6 Å². The van der Waals surface area contributed by atoms with Gasteiger partial charge in [0.05, 0.1) is 18.1 Å². The van der Waals surface area contributed by atoms with Gasteiger partial charge in [0.25, 0.3) is 0 Å². The van der Waals surface area contributed by atoms with Crippen molar-refractivity contribution in [2.45, 2.75) is 33.4 Å². The Labute approximate surface area is 107 Å². The summed E-state index contributed by atoms with van der Waals surface area (Å²) in [5.74, 6) is 0. The van der Waals surface area contributed by atoms with E-state index in [1.807, 2.05) is 30.9 Å². The second kappa shape index (κ2) is 5.02. The fraction of sp³-hybridized carbons (Fsp3) is 0.462. The van der Waals surface area contributed by atoms with Crippen molar-refractivity contribution in [2.75, 3.05) is 7.05 Å². The Bertz CT molecular complexity index is 498. The largest absolute Gasteiger partial charge is 0.326 e. The highest BCUT2D eigenvalue weighted by Gasteiger charge is 2.15. The Morgan fingerprint density at radius 2 is 2.24 bits per heavy atom. The molecule has 4 heteroatoms. The summed E-state index contributed by atoms with van der Waals surface area (Å²) in [6.07, 6.45) is 3.85. The fourth-order valence-corrected chi connectivity index (χ4v) is 3.23. The molecule has 3 nitrogen and oxygen atoms in total. The summed E-state index contributed by atoms with van der Waals surface area (Å²) in [5.41, 5.74) is 2.63. The van der Waals surface area contributed by atoms with Gasteiger partial charge in [0.15, 0.2) is 0 Å². The molecule has 1 atom stereocenters. The molecule has 1 N–H and O–H groups in total. The lowest BCUT2D eigenvalue weighted by atomic mass is 10.1. The molecule has 2 heterocycles. The number of thiophene rings is 1. The van der Waals surface area contributed by atoms with Crippen molar-refractivity contribution in [1.82, 2.24) is 14.9 Å². The zero-order valence-electron chi connectivity index (χ0n) is 10.8. The van der Waals surface area contributed by atoms with E-state index in [9.17, 15) is 0 Å². The fourth-order valence-electron chi connectivity index (χ4n) is 2.21. The SMILES string of the molecule is CNCc1cncn1C(C)c1cc(C)sc1C. The molecule has 0 radical (unpaired) electrons. The number of aromatic nitrogens is 2. The standard InChI is InChI=1S/C13H19N3S/c1-9-5-13(11(3)17-9)10(2)16-8-15-7-12(16)6-14-4/h5,7-8,10,14H,6H2,1-4H3. The van der Waals surface area contributed by atoms with Gasteiger partial charge in [0.2, 0.25) is 0 Å². The maximum absolute atomic E-state index is 4.25. The van der Waals surface area contributed by atoms with Crippen LogP contribution in [0.3, 0.4) is 0 Å². The summed E-state index contributed by atoms with van der Waals surface area (Å²) in [5, 5.41) is 3.18. The van der Waals surface area contributed by atoms with E-state index in [0.29, 0.717) is 6.04 Å². The van der Waals surface area contributed by atoms with Crippen LogP contribution in [-0.4, -0.2) is 16.6 Å². The Morgan fingerprint density at radius 1 is 1.47 bits per heavy atom. The summed E-state index contributed by atoms with van der Waals surface area (Å²) in [6.45, 7) is 7.44. The van der Waals surface area contributed by atoms with Crippen LogP contribution in [0.25, 0.3) is 0 Å². The molecule has 0 aliphatic heterocycles. The van der Waals surface area contributed by atoms with Gasteiger partial charge in [-0.15, -0.1) is 11.3 Å². The minimum absolute atomic E-state index is 0.353. The van der Waals surface area contributed by atoms with Gasteiger partial charge in [0.1, 0.15) is 0 Å². The number of aryl methyl sites for hydroxylation is 2. The molecule has 0 bridgehead atoms. The van der Waals surface area contributed by atoms with Crippen LogP contribution in [0.2, 0.25) is 0 Å². The van der Waals surface area contributed by atoms with Crippen LogP contribution in [0.1, 0.15) is 34.0 Å². The number of nitrogens with zero attached hydrogens (tertiary/aromatic N) is 2. The first kappa shape index (κ1) is 12.3. The summed E-state index contributed by atoms with van der Waals surface area (Å²) < 4.78 is 2.24. The van der Waals surface area contributed by atoms with Gasteiger partial charge < -0.3 is 9.88 Å². The Hall–Kier alpha value is -1.13. The zero-order valence-corrected chi connectivity index (χ0v) is 11.6. The van der Waals surface area contributed by atoms with Crippen LogP contribution in [-0.2, 0) is 6.54 Å². The van der Waals surface area contributed by atoms with Gasteiger partial charge in [-0.05, 0) is 39.4 Å². The molecule has 0 saturated carbocycles. The number of nitrogens with one attached hydrogen (secondary N) is 1. The normalized spacial score (nSPS) is 12.9. The van der Waals surface area contributed by atoms with Crippen molar-refractivity contribution in [2.24, 2.45) is 0 Å². The summed E-state index contributed by atoms with van der Waals surface area (Å²) in [7, 11) is 1.96. The van der Waals surface area contributed by atoms with Crippen molar-refractivity contribution in [3.63, 3.8) is 0 Å². The van der Waals surface area contributed by atoms with Gasteiger partial charge in [0, 0.05) is 22.5 Å². The Balaban J connectivity index is 2.33. The quantitative estimate of drug-likeness (QED) is 0.903. The smallest absolute Gasteiger partial charge is 0.0954 e. The first-order chi connectivity index (χ1) is 8.13. The average Bonchev–Trinajstić information content (AvgIpc) is 2.85. The molecule has 0 amide bonds. The molecule has 0 aliphatic carbocycles. The van der Waals surface area contributed by atoms with Crippen molar-refractivity contribution in [3.8, 4) is 0 Å². The summed E-state index contributed by atoms with van der Waals surface area (Å²) in [4.78, 5) is 7.03. The molecule has 0 aromatic carbocycles. The maximum atomic E-state index is 4.25. The van der Waals surface area contributed by atoms with Crippen LogP contribution in [0.15, 0.2) is 18.6 Å². The van der Waals surface area contributed by atoms with Crippen LogP contribution in [0, 0.1) is 13.8 Å². The highest BCUT2D eigenvalue weighted by molar-refractivity contribution is 7.12. The highest BCUT2D eigenvalue weighted by atomic mass is 32.1. The number of hydrogen-bond acceptors (Lipinski definition) is 3. The molecular weight excluding hydrogens is 230 g/mol. The monoisotopic (exact) mass is 249 g/mol. The van der Waals surface area contributed by atoms with Crippen LogP contribution in [0.5, 0.6) is 0 Å². The first-order valence-electron chi connectivity index (χ1n) is 5.85.